The number of carbonyl (C=O) groups excluding carboxylic acids is 1. The Labute approximate surface area is 132 Å². The minimum absolute atomic E-state index is 0.180. The third kappa shape index (κ3) is 2.72. The molecule has 3 rings (SSSR count). The van der Waals surface area contributed by atoms with Crippen molar-refractivity contribution in [2.75, 3.05) is 13.1 Å². The van der Waals surface area contributed by atoms with Gasteiger partial charge in [-0.15, -0.1) is 0 Å². The highest BCUT2D eigenvalue weighted by Gasteiger charge is 2.58. The highest BCUT2D eigenvalue weighted by Crippen LogP contribution is 2.59. The van der Waals surface area contributed by atoms with E-state index in [0.717, 1.165) is 25.9 Å². The zero-order chi connectivity index (χ0) is 16.0. The molecule has 1 amide bonds. The summed E-state index contributed by atoms with van der Waals surface area (Å²) in [5.74, 6) is 0.543. The minimum Gasteiger partial charge on any atom is -0.444 e. The molecule has 2 unspecified atom stereocenters. The average Bonchev–Trinajstić information content (AvgIpc) is 3.20. The maximum absolute atomic E-state index is 12.2. The van der Waals surface area contributed by atoms with Crippen molar-refractivity contribution in [3.8, 4) is 0 Å². The van der Waals surface area contributed by atoms with E-state index in [-0.39, 0.29) is 11.5 Å². The first kappa shape index (κ1) is 15.3. The van der Waals surface area contributed by atoms with Gasteiger partial charge in [0, 0.05) is 25.0 Å². The van der Waals surface area contributed by atoms with Gasteiger partial charge in [0.15, 0.2) is 0 Å². The van der Waals surface area contributed by atoms with Gasteiger partial charge in [-0.3, -0.25) is 0 Å². The molecule has 22 heavy (non-hydrogen) atoms. The SMILES string of the molecule is CC(C)(C)OC(=O)N1CCC2(c3ccccc3CN)CC2C1. The third-order valence-electron chi connectivity index (χ3n) is 4.93. The van der Waals surface area contributed by atoms with E-state index in [9.17, 15) is 4.79 Å². The first-order chi connectivity index (χ1) is 10.4. The Morgan fingerprint density at radius 1 is 1.41 bits per heavy atom. The van der Waals surface area contributed by atoms with E-state index >= 15 is 0 Å². The molecule has 1 aromatic carbocycles. The van der Waals surface area contributed by atoms with Gasteiger partial charge in [0.05, 0.1) is 0 Å². The van der Waals surface area contributed by atoms with Crippen molar-refractivity contribution in [2.45, 2.75) is 51.2 Å². The van der Waals surface area contributed by atoms with Crippen molar-refractivity contribution in [2.24, 2.45) is 11.7 Å². The van der Waals surface area contributed by atoms with Crippen LogP contribution in [0.2, 0.25) is 0 Å². The zero-order valence-electron chi connectivity index (χ0n) is 13.8. The maximum Gasteiger partial charge on any atom is 0.410 e. The summed E-state index contributed by atoms with van der Waals surface area (Å²) >= 11 is 0. The van der Waals surface area contributed by atoms with E-state index in [1.165, 1.54) is 11.1 Å². The lowest BCUT2D eigenvalue weighted by Gasteiger charge is -2.34. The molecule has 1 aliphatic heterocycles. The first-order valence-corrected chi connectivity index (χ1v) is 8.12. The molecule has 2 aliphatic rings. The van der Waals surface area contributed by atoms with Gasteiger partial charge in [-0.05, 0) is 50.7 Å². The number of rotatable bonds is 2. The van der Waals surface area contributed by atoms with Gasteiger partial charge in [-0.1, -0.05) is 24.3 Å². The number of amides is 1. The van der Waals surface area contributed by atoms with Gasteiger partial charge in [-0.25, -0.2) is 4.79 Å². The second kappa shape index (κ2) is 5.27. The van der Waals surface area contributed by atoms with E-state index in [1.807, 2.05) is 25.7 Å². The van der Waals surface area contributed by atoms with Crippen LogP contribution in [-0.4, -0.2) is 29.7 Å². The van der Waals surface area contributed by atoms with E-state index in [2.05, 4.69) is 24.3 Å². The number of nitrogens with zero attached hydrogens (tertiary/aromatic N) is 1. The highest BCUT2D eigenvalue weighted by atomic mass is 16.6. The topological polar surface area (TPSA) is 55.6 Å². The molecule has 120 valence electrons. The van der Waals surface area contributed by atoms with E-state index in [1.54, 1.807) is 0 Å². The molecular formula is C18H26N2O2. The molecule has 0 aromatic heterocycles. The maximum atomic E-state index is 12.2. The quantitative estimate of drug-likeness (QED) is 0.913. The number of hydrogen-bond acceptors (Lipinski definition) is 3. The molecule has 1 aromatic rings. The summed E-state index contributed by atoms with van der Waals surface area (Å²) in [6.45, 7) is 7.88. The number of fused-ring (bicyclic) bond motifs is 1. The molecule has 1 saturated heterocycles. The van der Waals surface area contributed by atoms with Gasteiger partial charge in [0.25, 0.3) is 0 Å². The fourth-order valence-corrected chi connectivity index (χ4v) is 3.76. The van der Waals surface area contributed by atoms with Gasteiger partial charge in [0.2, 0.25) is 0 Å². The van der Waals surface area contributed by atoms with Crippen molar-refractivity contribution in [3.63, 3.8) is 0 Å². The summed E-state index contributed by atoms with van der Waals surface area (Å²) in [7, 11) is 0. The summed E-state index contributed by atoms with van der Waals surface area (Å²) in [4.78, 5) is 14.1. The highest BCUT2D eigenvalue weighted by molar-refractivity contribution is 5.68. The van der Waals surface area contributed by atoms with Crippen molar-refractivity contribution < 1.29 is 9.53 Å². The summed E-state index contributed by atoms with van der Waals surface area (Å²) in [5, 5.41) is 0. The van der Waals surface area contributed by atoms with Gasteiger partial charge >= 0.3 is 6.09 Å². The summed E-state index contributed by atoms with van der Waals surface area (Å²) < 4.78 is 5.49. The Morgan fingerprint density at radius 2 is 2.14 bits per heavy atom. The van der Waals surface area contributed by atoms with Crippen molar-refractivity contribution in [1.82, 2.24) is 4.90 Å². The Bertz CT molecular complexity index is 579. The lowest BCUT2D eigenvalue weighted by Crippen LogP contribution is -2.43. The zero-order valence-corrected chi connectivity index (χ0v) is 13.8. The van der Waals surface area contributed by atoms with E-state index < -0.39 is 5.60 Å². The van der Waals surface area contributed by atoms with Crippen molar-refractivity contribution >= 4 is 6.09 Å². The molecule has 4 nitrogen and oxygen atoms in total. The van der Waals surface area contributed by atoms with Crippen LogP contribution < -0.4 is 5.73 Å². The summed E-state index contributed by atoms with van der Waals surface area (Å²) in [6.07, 6.45) is 1.98. The minimum atomic E-state index is -0.429. The predicted molar refractivity (Wildman–Crippen MR) is 86.5 cm³/mol. The van der Waals surface area contributed by atoms with Gasteiger partial charge < -0.3 is 15.4 Å². The van der Waals surface area contributed by atoms with Crippen LogP contribution in [0, 0.1) is 5.92 Å². The van der Waals surface area contributed by atoms with Crippen LogP contribution in [0.3, 0.4) is 0 Å². The van der Waals surface area contributed by atoms with Crippen LogP contribution in [0.4, 0.5) is 4.79 Å². The summed E-state index contributed by atoms with van der Waals surface area (Å²) in [5.41, 5.74) is 8.35. The molecule has 0 bridgehead atoms. The lowest BCUT2D eigenvalue weighted by molar-refractivity contribution is 0.0198. The molecule has 2 N–H and O–H groups in total. The number of benzene rings is 1. The predicted octanol–water partition coefficient (Wildman–Crippen LogP) is 3.04. The van der Waals surface area contributed by atoms with Crippen LogP contribution in [-0.2, 0) is 16.7 Å². The fourth-order valence-electron chi connectivity index (χ4n) is 3.76. The molecule has 0 spiro atoms. The van der Waals surface area contributed by atoms with E-state index in [4.69, 9.17) is 10.5 Å². The van der Waals surface area contributed by atoms with Crippen LogP contribution in [0.1, 0.15) is 44.7 Å². The molecule has 2 atom stereocenters. The number of hydrogen-bond donors (Lipinski definition) is 1. The second-order valence-corrected chi connectivity index (χ2v) is 7.59. The smallest absolute Gasteiger partial charge is 0.410 e. The largest absolute Gasteiger partial charge is 0.444 e. The monoisotopic (exact) mass is 302 g/mol. The normalized spacial score (nSPS) is 27.3. The number of ether oxygens (including phenoxy) is 1. The molecule has 4 heteroatoms. The lowest BCUT2D eigenvalue weighted by atomic mass is 9.84. The van der Waals surface area contributed by atoms with Crippen molar-refractivity contribution in [3.05, 3.63) is 35.4 Å². The second-order valence-electron chi connectivity index (χ2n) is 7.59. The van der Waals surface area contributed by atoms with Crippen LogP contribution in [0.5, 0.6) is 0 Å². The molecule has 1 heterocycles. The third-order valence-corrected chi connectivity index (χ3v) is 4.93. The number of nitrogens with two attached hydrogens (primary N) is 1. The van der Waals surface area contributed by atoms with Crippen LogP contribution >= 0.6 is 0 Å². The standard InChI is InChI=1S/C18H26N2O2/c1-17(2,3)22-16(21)20-9-8-18(10-14(18)12-20)15-7-5-4-6-13(15)11-19/h4-7,14H,8-12,19H2,1-3H3. The van der Waals surface area contributed by atoms with E-state index in [0.29, 0.717) is 12.5 Å². The molecule has 0 radical (unpaired) electrons. The van der Waals surface area contributed by atoms with Crippen LogP contribution in [0.15, 0.2) is 24.3 Å². The Balaban J connectivity index is 1.70. The fraction of sp³-hybridized carbons (Fsp3) is 0.611. The average molecular weight is 302 g/mol. The Morgan fingerprint density at radius 3 is 2.77 bits per heavy atom. The summed E-state index contributed by atoms with van der Waals surface area (Å²) in [6, 6.07) is 8.49. The van der Waals surface area contributed by atoms with Gasteiger partial charge in [-0.2, -0.15) is 0 Å². The first-order valence-electron chi connectivity index (χ1n) is 8.12. The molecule has 2 fully saturated rings. The Hall–Kier alpha value is -1.55. The molecule has 1 saturated carbocycles. The number of likely N-dealkylation sites (tertiary alicyclic amines) is 1. The number of carbonyl (C=O) groups is 1. The number of piperidine rings is 1. The van der Waals surface area contributed by atoms with Crippen molar-refractivity contribution in [1.29, 1.82) is 0 Å². The van der Waals surface area contributed by atoms with Gasteiger partial charge in [0.1, 0.15) is 5.60 Å². The Kier molecular flexibility index (Phi) is 3.68. The molecule has 1 aliphatic carbocycles. The van der Waals surface area contributed by atoms with Crippen LogP contribution in [0.25, 0.3) is 0 Å². The molecular weight excluding hydrogens is 276 g/mol.